The van der Waals surface area contributed by atoms with Crippen molar-refractivity contribution in [3.63, 3.8) is 0 Å². The van der Waals surface area contributed by atoms with Gasteiger partial charge in [-0.25, -0.2) is 0 Å². The molecule has 5 nitrogen and oxygen atoms in total. The Morgan fingerprint density at radius 1 is 1.65 bits per heavy atom. The summed E-state index contributed by atoms with van der Waals surface area (Å²) < 4.78 is 1.78. The summed E-state index contributed by atoms with van der Waals surface area (Å²) in [4.78, 5) is 12.4. The van der Waals surface area contributed by atoms with E-state index in [-0.39, 0.29) is 5.91 Å². The first-order chi connectivity index (χ1) is 8.22. The maximum absolute atomic E-state index is 11.7. The summed E-state index contributed by atoms with van der Waals surface area (Å²) in [6.45, 7) is 0.948. The van der Waals surface area contributed by atoms with E-state index in [1.165, 1.54) is 11.3 Å². The van der Waals surface area contributed by atoms with E-state index in [9.17, 15) is 4.79 Å². The topological polar surface area (TPSA) is 72.9 Å². The summed E-state index contributed by atoms with van der Waals surface area (Å²) in [5.41, 5.74) is 7.34. The van der Waals surface area contributed by atoms with E-state index < -0.39 is 0 Å². The molecule has 0 saturated heterocycles. The van der Waals surface area contributed by atoms with E-state index in [1.807, 2.05) is 24.6 Å². The smallest absolute Gasteiger partial charge is 0.261 e. The van der Waals surface area contributed by atoms with Gasteiger partial charge in [-0.3, -0.25) is 9.48 Å². The molecule has 0 bridgehead atoms. The average Bonchev–Trinajstić information content (AvgIpc) is 2.93. The van der Waals surface area contributed by atoms with Gasteiger partial charge in [-0.05, 0) is 12.1 Å². The minimum Gasteiger partial charge on any atom is -0.350 e. The van der Waals surface area contributed by atoms with Crippen LogP contribution in [0.3, 0.4) is 0 Å². The number of nitrogens with one attached hydrogen (secondary N) is 1. The van der Waals surface area contributed by atoms with Crippen LogP contribution in [0.4, 0.5) is 0 Å². The van der Waals surface area contributed by atoms with Crippen LogP contribution in [0.25, 0.3) is 11.3 Å². The predicted octanol–water partition coefficient (Wildman–Crippen LogP) is 0.837. The Kier molecular flexibility index (Phi) is 3.55. The first-order valence-corrected chi connectivity index (χ1v) is 6.15. The fourth-order valence-corrected chi connectivity index (χ4v) is 2.34. The van der Waals surface area contributed by atoms with Gasteiger partial charge in [0, 0.05) is 37.3 Å². The van der Waals surface area contributed by atoms with Crippen molar-refractivity contribution in [1.29, 1.82) is 0 Å². The minimum atomic E-state index is -0.0751. The quantitative estimate of drug-likeness (QED) is 0.844. The highest BCUT2D eigenvalue weighted by atomic mass is 32.1. The van der Waals surface area contributed by atoms with Gasteiger partial charge in [-0.2, -0.15) is 5.10 Å². The molecule has 0 aromatic carbocycles. The lowest BCUT2D eigenvalue weighted by atomic mass is 10.2. The van der Waals surface area contributed by atoms with Crippen molar-refractivity contribution in [3.05, 3.63) is 28.6 Å². The summed E-state index contributed by atoms with van der Waals surface area (Å²) in [5, 5.41) is 8.80. The lowest BCUT2D eigenvalue weighted by Crippen LogP contribution is -2.28. The Labute approximate surface area is 103 Å². The molecule has 90 valence electrons. The predicted molar refractivity (Wildman–Crippen MR) is 67.9 cm³/mol. The molecule has 0 saturated carbocycles. The largest absolute Gasteiger partial charge is 0.350 e. The van der Waals surface area contributed by atoms with Crippen molar-refractivity contribution in [1.82, 2.24) is 15.1 Å². The van der Waals surface area contributed by atoms with E-state index in [2.05, 4.69) is 10.4 Å². The van der Waals surface area contributed by atoms with Crippen molar-refractivity contribution in [2.24, 2.45) is 12.8 Å². The Morgan fingerprint density at radius 2 is 2.47 bits per heavy atom. The van der Waals surface area contributed by atoms with Gasteiger partial charge < -0.3 is 11.1 Å². The van der Waals surface area contributed by atoms with Gasteiger partial charge in [-0.15, -0.1) is 11.3 Å². The second-order valence-electron chi connectivity index (χ2n) is 3.58. The molecule has 2 heterocycles. The lowest BCUT2D eigenvalue weighted by molar-refractivity contribution is 0.0959. The molecule has 0 fully saturated rings. The lowest BCUT2D eigenvalue weighted by Gasteiger charge is -1.99. The zero-order valence-corrected chi connectivity index (χ0v) is 10.3. The number of nitrogens with two attached hydrogens (primary N) is 1. The van der Waals surface area contributed by atoms with Gasteiger partial charge in [-0.1, -0.05) is 0 Å². The Morgan fingerprint density at radius 3 is 3.12 bits per heavy atom. The standard InChI is InChI=1S/C11H14N4OS/c1-15-9(2-4-14-15)8-6-10(17-7-8)11(16)13-5-3-12/h2,4,6-7H,3,5,12H2,1H3,(H,13,16). The highest BCUT2D eigenvalue weighted by Gasteiger charge is 2.10. The molecule has 0 spiro atoms. The van der Waals surface area contributed by atoms with Crippen molar-refractivity contribution in [3.8, 4) is 11.3 Å². The minimum absolute atomic E-state index is 0.0751. The number of hydrogen-bond donors (Lipinski definition) is 2. The molecule has 0 aliphatic carbocycles. The number of aromatic nitrogens is 2. The molecule has 2 rings (SSSR count). The normalized spacial score (nSPS) is 10.5. The number of hydrogen-bond acceptors (Lipinski definition) is 4. The molecule has 17 heavy (non-hydrogen) atoms. The zero-order valence-electron chi connectivity index (χ0n) is 9.51. The third-order valence-electron chi connectivity index (χ3n) is 2.37. The fourth-order valence-electron chi connectivity index (χ4n) is 1.52. The zero-order chi connectivity index (χ0) is 12.3. The number of carbonyl (C=O) groups is 1. The number of thiophene rings is 1. The van der Waals surface area contributed by atoms with Gasteiger partial charge in [0.05, 0.1) is 10.6 Å². The second-order valence-corrected chi connectivity index (χ2v) is 4.50. The highest BCUT2D eigenvalue weighted by Crippen LogP contribution is 2.24. The second kappa shape index (κ2) is 5.11. The Hall–Kier alpha value is -1.66. The summed E-state index contributed by atoms with van der Waals surface area (Å²) in [5.74, 6) is -0.0751. The molecule has 3 N–H and O–H groups in total. The van der Waals surface area contributed by atoms with E-state index >= 15 is 0 Å². The molecule has 0 radical (unpaired) electrons. The molecule has 2 aromatic rings. The molecule has 6 heteroatoms. The maximum atomic E-state index is 11.7. The van der Waals surface area contributed by atoms with Crippen LogP contribution in [-0.4, -0.2) is 28.8 Å². The van der Waals surface area contributed by atoms with Crippen LogP contribution in [0.2, 0.25) is 0 Å². The van der Waals surface area contributed by atoms with Gasteiger partial charge >= 0.3 is 0 Å². The van der Waals surface area contributed by atoms with Gasteiger partial charge in [0.25, 0.3) is 5.91 Å². The van der Waals surface area contributed by atoms with E-state index in [0.29, 0.717) is 18.0 Å². The summed E-state index contributed by atoms with van der Waals surface area (Å²) in [6, 6.07) is 3.79. The molecular formula is C11H14N4OS. The maximum Gasteiger partial charge on any atom is 0.261 e. The van der Waals surface area contributed by atoms with Crippen molar-refractivity contribution in [2.75, 3.05) is 13.1 Å². The first kappa shape index (κ1) is 11.8. The molecular weight excluding hydrogens is 236 g/mol. The number of carbonyl (C=O) groups excluding carboxylic acids is 1. The van der Waals surface area contributed by atoms with Crippen molar-refractivity contribution < 1.29 is 4.79 Å². The first-order valence-electron chi connectivity index (χ1n) is 5.27. The fraction of sp³-hybridized carbons (Fsp3) is 0.273. The number of aryl methyl sites for hydroxylation is 1. The van der Waals surface area contributed by atoms with Crippen LogP contribution < -0.4 is 11.1 Å². The summed E-state index contributed by atoms with van der Waals surface area (Å²) >= 11 is 1.42. The third-order valence-corrected chi connectivity index (χ3v) is 3.30. The molecule has 2 aromatic heterocycles. The molecule has 0 aliphatic heterocycles. The monoisotopic (exact) mass is 250 g/mol. The van der Waals surface area contributed by atoms with Crippen LogP contribution in [0, 0.1) is 0 Å². The SMILES string of the molecule is Cn1nccc1-c1csc(C(=O)NCCN)c1. The van der Waals surface area contributed by atoms with E-state index in [1.54, 1.807) is 10.9 Å². The highest BCUT2D eigenvalue weighted by molar-refractivity contribution is 7.12. The molecule has 0 unspecified atom stereocenters. The summed E-state index contributed by atoms with van der Waals surface area (Å²) in [7, 11) is 1.88. The van der Waals surface area contributed by atoms with Gasteiger partial charge in [0.2, 0.25) is 0 Å². The van der Waals surface area contributed by atoms with E-state index in [4.69, 9.17) is 5.73 Å². The number of nitrogens with zero attached hydrogens (tertiary/aromatic N) is 2. The van der Waals surface area contributed by atoms with Crippen LogP contribution >= 0.6 is 11.3 Å². The third kappa shape index (κ3) is 2.54. The molecule has 1 amide bonds. The molecule has 0 atom stereocenters. The number of amides is 1. The Bertz CT molecular complexity index is 517. The van der Waals surface area contributed by atoms with Crippen LogP contribution in [0.15, 0.2) is 23.7 Å². The van der Waals surface area contributed by atoms with Crippen molar-refractivity contribution in [2.45, 2.75) is 0 Å². The average molecular weight is 250 g/mol. The Balaban J connectivity index is 2.16. The van der Waals surface area contributed by atoms with Crippen LogP contribution in [0.5, 0.6) is 0 Å². The van der Waals surface area contributed by atoms with Gasteiger partial charge in [0.1, 0.15) is 0 Å². The summed E-state index contributed by atoms with van der Waals surface area (Å²) in [6.07, 6.45) is 1.74. The van der Waals surface area contributed by atoms with Crippen LogP contribution in [0.1, 0.15) is 9.67 Å². The van der Waals surface area contributed by atoms with Crippen LogP contribution in [-0.2, 0) is 7.05 Å². The van der Waals surface area contributed by atoms with E-state index in [0.717, 1.165) is 11.3 Å². The van der Waals surface area contributed by atoms with Gasteiger partial charge in [0.15, 0.2) is 0 Å². The number of rotatable bonds is 4. The van der Waals surface area contributed by atoms with Crippen molar-refractivity contribution >= 4 is 17.2 Å². The molecule has 0 aliphatic rings.